The summed E-state index contributed by atoms with van der Waals surface area (Å²) < 4.78 is 5.47. The monoisotopic (exact) mass is 385 g/mol. The number of hydrogen-bond donors (Lipinski definition) is 2. The van der Waals surface area contributed by atoms with Gasteiger partial charge in [-0.3, -0.25) is 9.59 Å². The number of nitrogens with one attached hydrogen (secondary N) is 2. The molecule has 0 bridgehead atoms. The van der Waals surface area contributed by atoms with Crippen molar-refractivity contribution in [1.82, 2.24) is 15.6 Å². The lowest BCUT2D eigenvalue weighted by Gasteiger charge is -2.08. The molecule has 1 aliphatic carbocycles. The predicted molar refractivity (Wildman–Crippen MR) is 106 cm³/mol. The third-order valence-corrected chi connectivity index (χ3v) is 4.78. The average Bonchev–Trinajstić information content (AvgIpc) is 3.37. The standard InChI is InChI=1S/C20H23N3O3S/c1-14-22-17(13-27-14)6-9-19(24)21-11-10-15-2-7-18(8-3-15)26-12-20(25)23-16-4-5-16/h2-3,6-9,13,16H,4-5,10-12H2,1H3,(H,21,24)(H,23,25)/b9-6+. The van der Waals surface area contributed by atoms with Gasteiger partial charge < -0.3 is 15.4 Å². The first-order chi connectivity index (χ1) is 13.1. The number of aryl methyl sites for hydroxylation is 1. The highest BCUT2D eigenvalue weighted by Crippen LogP contribution is 2.18. The van der Waals surface area contributed by atoms with Crippen molar-refractivity contribution in [3.05, 3.63) is 52.0 Å². The largest absolute Gasteiger partial charge is 0.484 e. The van der Waals surface area contributed by atoms with Crippen LogP contribution in [0.4, 0.5) is 0 Å². The van der Waals surface area contributed by atoms with Crippen molar-refractivity contribution in [2.45, 2.75) is 32.2 Å². The quantitative estimate of drug-likeness (QED) is 0.650. The van der Waals surface area contributed by atoms with E-state index in [1.165, 1.54) is 6.08 Å². The lowest BCUT2D eigenvalue weighted by Crippen LogP contribution is -2.30. The summed E-state index contributed by atoms with van der Waals surface area (Å²) in [5.41, 5.74) is 1.89. The maximum atomic E-state index is 11.8. The number of ether oxygens (including phenoxy) is 1. The zero-order chi connectivity index (χ0) is 19.1. The SMILES string of the molecule is Cc1nc(/C=C/C(=O)NCCc2ccc(OCC(=O)NC3CC3)cc2)cs1. The Balaban J connectivity index is 1.34. The van der Waals surface area contributed by atoms with Gasteiger partial charge in [-0.15, -0.1) is 11.3 Å². The molecule has 0 unspecified atom stereocenters. The van der Waals surface area contributed by atoms with E-state index in [-0.39, 0.29) is 18.4 Å². The fourth-order valence-corrected chi connectivity index (χ4v) is 2.99. The first-order valence-corrected chi connectivity index (χ1v) is 9.85. The van der Waals surface area contributed by atoms with E-state index in [1.807, 2.05) is 36.6 Å². The van der Waals surface area contributed by atoms with Gasteiger partial charge >= 0.3 is 0 Å². The van der Waals surface area contributed by atoms with Crippen LogP contribution in [-0.2, 0) is 16.0 Å². The molecule has 7 heteroatoms. The van der Waals surface area contributed by atoms with E-state index in [2.05, 4.69) is 15.6 Å². The molecule has 1 fully saturated rings. The van der Waals surface area contributed by atoms with Gasteiger partial charge in [0.25, 0.3) is 5.91 Å². The van der Waals surface area contributed by atoms with Gasteiger partial charge in [0.1, 0.15) is 5.75 Å². The van der Waals surface area contributed by atoms with Crippen LogP contribution in [0, 0.1) is 6.92 Å². The van der Waals surface area contributed by atoms with E-state index in [9.17, 15) is 9.59 Å². The minimum atomic E-state index is -0.137. The number of hydrogen-bond acceptors (Lipinski definition) is 5. The number of nitrogens with zero attached hydrogens (tertiary/aromatic N) is 1. The van der Waals surface area contributed by atoms with Gasteiger partial charge in [-0.1, -0.05) is 12.1 Å². The topological polar surface area (TPSA) is 80.3 Å². The molecule has 2 aromatic rings. The maximum absolute atomic E-state index is 11.8. The molecule has 0 radical (unpaired) electrons. The summed E-state index contributed by atoms with van der Waals surface area (Å²) in [5, 5.41) is 8.63. The Kier molecular flexibility index (Phi) is 6.59. The number of aromatic nitrogens is 1. The van der Waals surface area contributed by atoms with Gasteiger partial charge in [-0.25, -0.2) is 4.98 Å². The van der Waals surface area contributed by atoms with Crippen LogP contribution in [0.1, 0.15) is 29.1 Å². The minimum Gasteiger partial charge on any atom is -0.484 e. The average molecular weight is 385 g/mol. The molecule has 1 aromatic heterocycles. The number of rotatable bonds is 9. The summed E-state index contributed by atoms with van der Waals surface area (Å²) in [6.45, 7) is 2.52. The molecule has 0 aliphatic heterocycles. The van der Waals surface area contributed by atoms with Crippen molar-refractivity contribution in [3.8, 4) is 5.75 Å². The second-order valence-corrected chi connectivity index (χ2v) is 7.50. The Bertz CT molecular complexity index is 810. The van der Waals surface area contributed by atoms with Crippen LogP contribution in [0.25, 0.3) is 6.08 Å². The van der Waals surface area contributed by atoms with Crippen LogP contribution in [0.3, 0.4) is 0 Å². The van der Waals surface area contributed by atoms with E-state index < -0.39 is 0 Å². The lowest BCUT2D eigenvalue weighted by molar-refractivity contribution is -0.123. The number of carbonyl (C=O) groups excluding carboxylic acids is 2. The summed E-state index contributed by atoms with van der Waals surface area (Å²) in [4.78, 5) is 27.7. The highest BCUT2D eigenvalue weighted by molar-refractivity contribution is 7.09. The van der Waals surface area contributed by atoms with Crippen molar-refractivity contribution < 1.29 is 14.3 Å². The van der Waals surface area contributed by atoms with E-state index in [4.69, 9.17) is 4.74 Å². The molecule has 6 nitrogen and oxygen atoms in total. The first kappa shape index (κ1) is 19.1. The number of thiazole rings is 1. The minimum absolute atomic E-state index is 0.0384. The molecule has 0 spiro atoms. The molecule has 2 amide bonds. The van der Waals surface area contributed by atoms with Crippen LogP contribution < -0.4 is 15.4 Å². The van der Waals surface area contributed by atoms with Gasteiger partial charge in [0.2, 0.25) is 5.91 Å². The summed E-state index contributed by atoms with van der Waals surface area (Å²) in [6.07, 6.45) is 6.06. The molecule has 0 atom stereocenters. The van der Waals surface area contributed by atoms with Gasteiger partial charge in [0, 0.05) is 24.0 Å². The van der Waals surface area contributed by atoms with Crippen molar-refractivity contribution in [2.75, 3.05) is 13.2 Å². The van der Waals surface area contributed by atoms with Crippen LogP contribution in [-0.4, -0.2) is 36.0 Å². The van der Waals surface area contributed by atoms with Gasteiger partial charge in [0.15, 0.2) is 6.61 Å². The molecule has 2 N–H and O–H groups in total. The van der Waals surface area contributed by atoms with Gasteiger partial charge in [-0.05, 0) is 50.0 Å². The van der Waals surface area contributed by atoms with E-state index in [0.717, 1.165) is 35.5 Å². The molecule has 0 saturated heterocycles. The van der Waals surface area contributed by atoms with Gasteiger partial charge in [-0.2, -0.15) is 0 Å². The van der Waals surface area contributed by atoms with Crippen LogP contribution in [0.2, 0.25) is 0 Å². The third-order valence-electron chi connectivity index (χ3n) is 3.99. The molecule has 1 aromatic carbocycles. The summed E-state index contributed by atoms with van der Waals surface area (Å²) >= 11 is 1.56. The zero-order valence-corrected chi connectivity index (χ0v) is 16.1. The molecule has 1 aliphatic rings. The summed E-state index contributed by atoms with van der Waals surface area (Å²) in [5.74, 6) is 0.447. The van der Waals surface area contributed by atoms with E-state index in [1.54, 1.807) is 17.4 Å². The Labute approximate surface area is 162 Å². The molecule has 142 valence electrons. The maximum Gasteiger partial charge on any atom is 0.258 e. The fourth-order valence-electron chi connectivity index (χ4n) is 2.40. The number of amides is 2. The predicted octanol–water partition coefficient (Wildman–Crippen LogP) is 2.48. The van der Waals surface area contributed by atoms with Crippen molar-refractivity contribution in [3.63, 3.8) is 0 Å². The summed E-state index contributed by atoms with van der Waals surface area (Å²) in [6, 6.07) is 7.90. The zero-order valence-electron chi connectivity index (χ0n) is 15.2. The Hall–Kier alpha value is -2.67. The van der Waals surface area contributed by atoms with Crippen molar-refractivity contribution >= 4 is 29.2 Å². The first-order valence-electron chi connectivity index (χ1n) is 8.97. The van der Waals surface area contributed by atoms with E-state index >= 15 is 0 Å². The molecule has 1 heterocycles. The van der Waals surface area contributed by atoms with Crippen LogP contribution in [0.15, 0.2) is 35.7 Å². The second kappa shape index (κ2) is 9.32. The Morgan fingerprint density at radius 3 is 2.74 bits per heavy atom. The van der Waals surface area contributed by atoms with Crippen LogP contribution >= 0.6 is 11.3 Å². The van der Waals surface area contributed by atoms with Crippen molar-refractivity contribution in [2.24, 2.45) is 0 Å². The number of benzene rings is 1. The molecule has 1 saturated carbocycles. The smallest absolute Gasteiger partial charge is 0.258 e. The summed E-state index contributed by atoms with van der Waals surface area (Å²) in [7, 11) is 0. The lowest BCUT2D eigenvalue weighted by atomic mass is 10.1. The molecular weight excluding hydrogens is 362 g/mol. The highest BCUT2D eigenvalue weighted by atomic mass is 32.1. The van der Waals surface area contributed by atoms with Gasteiger partial charge in [0.05, 0.1) is 10.7 Å². The second-order valence-electron chi connectivity index (χ2n) is 6.44. The Morgan fingerprint density at radius 2 is 2.07 bits per heavy atom. The third kappa shape index (κ3) is 6.86. The molecule has 27 heavy (non-hydrogen) atoms. The van der Waals surface area contributed by atoms with Crippen molar-refractivity contribution in [1.29, 1.82) is 0 Å². The molecular formula is C20H23N3O3S. The normalized spacial score (nSPS) is 13.5. The Morgan fingerprint density at radius 1 is 1.30 bits per heavy atom. The fraction of sp³-hybridized carbons (Fsp3) is 0.350. The molecule has 3 rings (SSSR count). The van der Waals surface area contributed by atoms with E-state index in [0.29, 0.717) is 18.3 Å². The van der Waals surface area contributed by atoms with Crippen LogP contribution in [0.5, 0.6) is 5.75 Å². The number of carbonyl (C=O) groups is 2. The highest BCUT2D eigenvalue weighted by Gasteiger charge is 2.23.